The zero-order chi connectivity index (χ0) is 13.1. The maximum absolute atomic E-state index is 10.6. The minimum atomic E-state index is -0.893. The van der Waals surface area contributed by atoms with Gasteiger partial charge in [0.05, 0.1) is 11.4 Å². The molecule has 0 aliphatic heterocycles. The molecule has 6 nitrogen and oxygen atoms in total. The summed E-state index contributed by atoms with van der Waals surface area (Å²) < 4.78 is 1.57. The highest BCUT2D eigenvalue weighted by molar-refractivity contribution is 7.99. The van der Waals surface area contributed by atoms with Crippen LogP contribution in [0.5, 0.6) is 0 Å². The number of hydrogen-bond donors (Lipinski definition) is 1. The van der Waals surface area contributed by atoms with E-state index in [-0.39, 0.29) is 5.75 Å². The van der Waals surface area contributed by atoms with Crippen LogP contribution < -0.4 is 0 Å². The number of nitrogens with zero attached hydrogens (tertiary/aromatic N) is 4. The van der Waals surface area contributed by atoms with Crippen molar-refractivity contribution in [3.63, 3.8) is 0 Å². The number of rotatable bonds is 4. The Bertz CT molecular complexity index is 582. The molecule has 0 radical (unpaired) electrons. The molecular weight excluding hydrogens is 252 g/mol. The molecule has 94 valence electrons. The molecule has 2 aromatic rings. The molecule has 0 fully saturated rings. The first-order valence-electron chi connectivity index (χ1n) is 5.28. The Labute approximate surface area is 108 Å². The maximum atomic E-state index is 10.6. The van der Waals surface area contributed by atoms with E-state index in [2.05, 4.69) is 15.5 Å². The van der Waals surface area contributed by atoms with Gasteiger partial charge in [-0.3, -0.25) is 4.79 Å². The Morgan fingerprint density at radius 3 is 2.94 bits per heavy atom. The van der Waals surface area contributed by atoms with Crippen molar-refractivity contribution in [3.8, 4) is 5.69 Å². The summed E-state index contributed by atoms with van der Waals surface area (Å²) in [6, 6.07) is 5.96. The fourth-order valence-corrected chi connectivity index (χ4v) is 2.10. The third-order valence-electron chi connectivity index (χ3n) is 2.36. The molecule has 18 heavy (non-hydrogen) atoms. The van der Waals surface area contributed by atoms with Gasteiger partial charge >= 0.3 is 5.97 Å². The van der Waals surface area contributed by atoms with Gasteiger partial charge in [0.15, 0.2) is 0 Å². The number of carboxylic acid groups (broad SMARTS) is 1. The zero-order valence-corrected chi connectivity index (χ0v) is 10.8. The molecule has 1 heterocycles. The lowest BCUT2D eigenvalue weighted by atomic mass is 10.1. The van der Waals surface area contributed by atoms with Gasteiger partial charge in [0.25, 0.3) is 0 Å². The van der Waals surface area contributed by atoms with Gasteiger partial charge in [-0.05, 0) is 41.5 Å². The highest BCUT2D eigenvalue weighted by Gasteiger charge is 2.12. The molecule has 1 aromatic heterocycles. The molecule has 0 aliphatic carbocycles. The summed E-state index contributed by atoms with van der Waals surface area (Å²) in [5.74, 6) is -0.957. The van der Waals surface area contributed by atoms with E-state index in [4.69, 9.17) is 5.11 Å². The third-order valence-corrected chi connectivity index (χ3v) is 3.26. The molecule has 0 unspecified atom stereocenters. The number of carbonyl (C=O) groups is 1. The van der Waals surface area contributed by atoms with Gasteiger partial charge in [0.2, 0.25) is 5.16 Å². The number of carboxylic acids is 1. The number of thioether (sulfide) groups is 1. The number of hydrogen-bond acceptors (Lipinski definition) is 5. The average molecular weight is 264 g/mol. The Morgan fingerprint density at radius 2 is 2.22 bits per heavy atom. The molecule has 1 aromatic carbocycles. The van der Waals surface area contributed by atoms with Gasteiger partial charge in [-0.1, -0.05) is 23.9 Å². The Morgan fingerprint density at radius 1 is 1.44 bits per heavy atom. The third kappa shape index (κ3) is 2.67. The summed E-state index contributed by atoms with van der Waals surface area (Å²) in [4.78, 5) is 10.6. The van der Waals surface area contributed by atoms with Gasteiger partial charge in [-0.2, -0.15) is 4.68 Å². The second kappa shape index (κ2) is 5.18. The van der Waals surface area contributed by atoms with Gasteiger partial charge in [-0.15, -0.1) is 5.10 Å². The Balaban J connectivity index is 2.36. The number of tetrazole rings is 1. The number of aryl methyl sites for hydroxylation is 2. The van der Waals surface area contributed by atoms with Crippen LogP contribution in [0.15, 0.2) is 23.4 Å². The number of benzene rings is 1. The minimum absolute atomic E-state index is 0.0642. The maximum Gasteiger partial charge on any atom is 0.313 e. The number of aromatic nitrogens is 4. The first kappa shape index (κ1) is 12.6. The first-order chi connectivity index (χ1) is 8.58. The summed E-state index contributed by atoms with van der Waals surface area (Å²) in [7, 11) is 0. The molecule has 0 bridgehead atoms. The molecular formula is C11H12N4O2S. The molecule has 1 N–H and O–H groups in total. The average Bonchev–Trinajstić information content (AvgIpc) is 2.77. The molecule has 0 amide bonds. The van der Waals surface area contributed by atoms with Gasteiger partial charge < -0.3 is 5.11 Å². The van der Waals surface area contributed by atoms with Crippen molar-refractivity contribution >= 4 is 17.7 Å². The quantitative estimate of drug-likeness (QED) is 0.842. The fourth-order valence-electron chi connectivity index (χ4n) is 1.49. The highest BCUT2D eigenvalue weighted by Crippen LogP contribution is 2.21. The first-order valence-corrected chi connectivity index (χ1v) is 6.27. The van der Waals surface area contributed by atoms with Crippen molar-refractivity contribution in [2.75, 3.05) is 5.75 Å². The van der Waals surface area contributed by atoms with E-state index in [1.165, 1.54) is 0 Å². The van der Waals surface area contributed by atoms with Crippen LogP contribution in [0, 0.1) is 13.8 Å². The molecule has 0 atom stereocenters. The fraction of sp³-hybridized carbons (Fsp3) is 0.273. The van der Waals surface area contributed by atoms with Crippen LogP contribution in [0.4, 0.5) is 0 Å². The van der Waals surface area contributed by atoms with Crippen LogP contribution in [-0.4, -0.2) is 37.0 Å². The lowest BCUT2D eigenvalue weighted by molar-refractivity contribution is -0.133. The van der Waals surface area contributed by atoms with Crippen molar-refractivity contribution < 1.29 is 9.90 Å². The van der Waals surface area contributed by atoms with E-state index in [0.29, 0.717) is 5.16 Å². The predicted octanol–water partition coefficient (Wildman–Crippen LogP) is 1.46. The van der Waals surface area contributed by atoms with Crippen LogP contribution in [0.1, 0.15) is 11.1 Å². The molecule has 0 saturated heterocycles. The van der Waals surface area contributed by atoms with Crippen molar-refractivity contribution in [2.24, 2.45) is 0 Å². The van der Waals surface area contributed by atoms with Crippen LogP contribution in [0.25, 0.3) is 5.69 Å². The second-order valence-corrected chi connectivity index (χ2v) is 4.79. The largest absolute Gasteiger partial charge is 0.481 e. The van der Waals surface area contributed by atoms with Crippen LogP contribution in [-0.2, 0) is 4.79 Å². The van der Waals surface area contributed by atoms with E-state index in [1.54, 1.807) is 4.68 Å². The number of aliphatic carboxylic acids is 1. The van der Waals surface area contributed by atoms with Crippen molar-refractivity contribution in [1.29, 1.82) is 0 Å². The highest BCUT2D eigenvalue weighted by atomic mass is 32.2. The molecule has 0 aliphatic rings. The topological polar surface area (TPSA) is 80.9 Å². The van der Waals surface area contributed by atoms with Crippen LogP contribution >= 0.6 is 11.8 Å². The Hall–Kier alpha value is -1.89. The second-order valence-electron chi connectivity index (χ2n) is 3.85. The van der Waals surface area contributed by atoms with E-state index in [0.717, 1.165) is 28.6 Å². The van der Waals surface area contributed by atoms with Crippen LogP contribution in [0.3, 0.4) is 0 Å². The van der Waals surface area contributed by atoms with Crippen molar-refractivity contribution in [3.05, 3.63) is 29.3 Å². The summed E-state index contributed by atoms with van der Waals surface area (Å²) in [5, 5.41) is 20.5. The van der Waals surface area contributed by atoms with Crippen LogP contribution in [0.2, 0.25) is 0 Å². The minimum Gasteiger partial charge on any atom is -0.481 e. The smallest absolute Gasteiger partial charge is 0.313 e. The summed E-state index contributed by atoms with van der Waals surface area (Å²) in [5.41, 5.74) is 3.00. The van der Waals surface area contributed by atoms with E-state index >= 15 is 0 Å². The van der Waals surface area contributed by atoms with E-state index in [1.807, 2.05) is 32.0 Å². The lowest BCUT2D eigenvalue weighted by Gasteiger charge is -2.07. The molecule has 7 heteroatoms. The SMILES string of the molecule is Cc1ccc(C)c(-n2nnnc2SCC(=O)O)c1. The lowest BCUT2D eigenvalue weighted by Crippen LogP contribution is -2.04. The summed E-state index contributed by atoms with van der Waals surface area (Å²) in [6.45, 7) is 3.94. The summed E-state index contributed by atoms with van der Waals surface area (Å²) in [6.07, 6.45) is 0. The molecule has 0 spiro atoms. The monoisotopic (exact) mass is 264 g/mol. The van der Waals surface area contributed by atoms with Gasteiger partial charge in [0, 0.05) is 0 Å². The van der Waals surface area contributed by atoms with Crippen molar-refractivity contribution in [2.45, 2.75) is 19.0 Å². The Kier molecular flexibility index (Phi) is 3.61. The summed E-state index contributed by atoms with van der Waals surface area (Å²) >= 11 is 1.10. The normalized spacial score (nSPS) is 10.6. The van der Waals surface area contributed by atoms with Crippen molar-refractivity contribution in [1.82, 2.24) is 20.2 Å². The van der Waals surface area contributed by atoms with Gasteiger partial charge in [0.1, 0.15) is 0 Å². The zero-order valence-electron chi connectivity index (χ0n) is 9.99. The van der Waals surface area contributed by atoms with E-state index in [9.17, 15) is 4.79 Å². The van der Waals surface area contributed by atoms with Gasteiger partial charge in [-0.25, -0.2) is 0 Å². The predicted molar refractivity (Wildman–Crippen MR) is 67.0 cm³/mol. The molecule has 2 rings (SSSR count). The van der Waals surface area contributed by atoms with E-state index < -0.39 is 5.97 Å². The molecule has 0 saturated carbocycles. The standard InChI is InChI=1S/C11H12N4O2S/c1-7-3-4-8(2)9(5-7)15-11(12-13-14-15)18-6-10(16)17/h3-5H,6H2,1-2H3,(H,16,17).